The molecule has 0 aromatic carbocycles. The van der Waals surface area contributed by atoms with E-state index < -0.39 is 49.5 Å². The van der Waals surface area contributed by atoms with Gasteiger partial charge in [-0.15, -0.1) is 0 Å². The molecule has 7 atom stereocenters. The maximum Gasteiger partial charge on any atom is 0.220 e. The van der Waals surface area contributed by atoms with Gasteiger partial charge in [0.1, 0.15) is 24.4 Å². The van der Waals surface area contributed by atoms with Crippen LogP contribution in [0, 0.1) is 0 Å². The Hall–Kier alpha value is -2.37. The number of amides is 1. The maximum absolute atomic E-state index is 13.1. The fourth-order valence-corrected chi connectivity index (χ4v) is 11.4. The van der Waals surface area contributed by atoms with Crippen LogP contribution in [-0.2, 0) is 14.3 Å². The molecule has 0 spiro atoms. The summed E-state index contributed by atoms with van der Waals surface area (Å²) in [5.74, 6) is -0.181. The van der Waals surface area contributed by atoms with Gasteiger partial charge in [-0.05, 0) is 70.6 Å². The van der Waals surface area contributed by atoms with Gasteiger partial charge >= 0.3 is 0 Å². The summed E-state index contributed by atoms with van der Waals surface area (Å²) in [5.41, 5.74) is 0. The van der Waals surface area contributed by atoms with E-state index in [1.165, 1.54) is 257 Å². The number of ether oxygens (including phenoxy) is 2. The number of unbranched alkanes of at least 4 members (excludes halogenated alkanes) is 43. The molecule has 0 bridgehead atoms. The van der Waals surface area contributed by atoms with Crippen molar-refractivity contribution in [3.63, 3.8) is 0 Å². The molecule has 0 aromatic rings. The van der Waals surface area contributed by atoms with E-state index >= 15 is 0 Å². The van der Waals surface area contributed by atoms with Crippen molar-refractivity contribution in [3.05, 3.63) is 72.9 Å². The van der Waals surface area contributed by atoms with Crippen molar-refractivity contribution < 1.29 is 39.8 Å². The van der Waals surface area contributed by atoms with E-state index in [1.807, 2.05) is 6.08 Å². The Morgan fingerprint density at radius 1 is 0.417 bits per heavy atom. The number of aliphatic hydroxyl groups is 5. The van der Waals surface area contributed by atoms with Gasteiger partial charge in [0.25, 0.3) is 0 Å². The third kappa shape index (κ3) is 51.7. The number of rotatable bonds is 63. The molecule has 0 aliphatic carbocycles. The van der Waals surface area contributed by atoms with Gasteiger partial charge in [-0.2, -0.15) is 0 Å². The van der Waals surface area contributed by atoms with E-state index in [4.69, 9.17) is 9.47 Å². The summed E-state index contributed by atoms with van der Waals surface area (Å²) in [6.07, 6.45) is 83.1. The highest BCUT2D eigenvalue weighted by Gasteiger charge is 2.44. The molecular formula is C75H137NO8. The van der Waals surface area contributed by atoms with Gasteiger partial charge in [0.05, 0.1) is 25.4 Å². The smallest absolute Gasteiger partial charge is 0.220 e. The van der Waals surface area contributed by atoms with Crippen LogP contribution >= 0.6 is 0 Å². The first-order valence-corrected chi connectivity index (χ1v) is 36.2. The van der Waals surface area contributed by atoms with Crippen molar-refractivity contribution in [2.24, 2.45) is 0 Å². The summed E-state index contributed by atoms with van der Waals surface area (Å²) in [4.78, 5) is 13.1. The Bertz CT molecular complexity index is 1560. The molecule has 9 heteroatoms. The van der Waals surface area contributed by atoms with Crippen LogP contribution in [0.4, 0.5) is 0 Å². The van der Waals surface area contributed by atoms with E-state index in [-0.39, 0.29) is 12.5 Å². The minimum Gasteiger partial charge on any atom is -0.394 e. The van der Waals surface area contributed by atoms with Crippen LogP contribution in [0.15, 0.2) is 72.9 Å². The van der Waals surface area contributed by atoms with Gasteiger partial charge in [0.15, 0.2) is 6.29 Å². The first kappa shape index (κ1) is 79.6. The first-order valence-electron chi connectivity index (χ1n) is 36.2. The van der Waals surface area contributed by atoms with Crippen molar-refractivity contribution in [3.8, 4) is 0 Å². The molecule has 1 aliphatic heterocycles. The topological polar surface area (TPSA) is 149 Å². The van der Waals surface area contributed by atoms with Crippen molar-refractivity contribution in [1.82, 2.24) is 5.32 Å². The van der Waals surface area contributed by atoms with Crippen LogP contribution in [0.3, 0.4) is 0 Å². The lowest BCUT2D eigenvalue weighted by molar-refractivity contribution is -0.302. The van der Waals surface area contributed by atoms with E-state index in [2.05, 4.69) is 79.9 Å². The monoisotopic (exact) mass is 1180 g/mol. The second kappa shape index (κ2) is 63.6. The molecule has 0 radical (unpaired) electrons. The maximum atomic E-state index is 13.1. The zero-order chi connectivity index (χ0) is 60.7. The van der Waals surface area contributed by atoms with Crippen molar-refractivity contribution in [2.45, 2.75) is 384 Å². The number of aliphatic hydroxyl groups excluding tert-OH is 5. The Kier molecular flexibility index (Phi) is 60.3. The minimum atomic E-state index is -1.57. The lowest BCUT2D eigenvalue weighted by Crippen LogP contribution is -2.60. The molecule has 1 heterocycles. The summed E-state index contributed by atoms with van der Waals surface area (Å²) in [7, 11) is 0. The molecule has 9 nitrogen and oxygen atoms in total. The molecule has 1 aliphatic rings. The minimum absolute atomic E-state index is 0.181. The molecular weight excluding hydrogens is 1040 g/mol. The van der Waals surface area contributed by atoms with Crippen LogP contribution in [0.25, 0.3) is 0 Å². The molecule has 0 aromatic heterocycles. The SMILES string of the molecule is CC/C=C\C/C=C\C/C=C\C/C=C\CCCCCCCCCCCCCCCCCCCCCCCCCCC(=O)NC(COC1OC(CO)C(O)C(O)C1O)C(O)/C=C/CC/C=C/CCCCCCCCCCCCCCCCCCCC. The summed E-state index contributed by atoms with van der Waals surface area (Å²) < 4.78 is 11.3. The highest BCUT2D eigenvalue weighted by atomic mass is 16.7. The number of carbonyl (C=O) groups excluding carboxylic acids is 1. The zero-order valence-electron chi connectivity index (χ0n) is 54.9. The average Bonchev–Trinajstić information content (AvgIpc) is 3.70. The Morgan fingerprint density at radius 3 is 1.14 bits per heavy atom. The Balaban J connectivity index is 2.10. The molecule has 1 amide bonds. The fraction of sp³-hybridized carbons (Fsp3) is 0.827. The highest BCUT2D eigenvalue weighted by molar-refractivity contribution is 5.76. The van der Waals surface area contributed by atoms with E-state index in [0.29, 0.717) is 6.42 Å². The molecule has 6 N–H and O–H groups in total. The molecule has 0 saturated carbocycles. The number of allylic oxidation sites excluding steroid dienone is 11. The fourth-order valence-electron chi connectivity index (χ4n) is 11.4. The second-order valence-electron chi connectivity index (χ2n) is 25.0. The van der Waals surface area contributed by atoms with Crippen molar-refractivity contribution in [1.29, 1.82) is 0 Å². The van der Waals surface area contributed by atoms with E-state index in [9.17, 15) is 30.3 Å². The highest BCUT2D eigenvalue weighted by Crippen LogP contribution is 2.23. The second-order valence-corrected chi connectivity index (χ2v) is 25.0. The summed E-state index contributed by atoms with van der Waals surface area (Å²) in [6.45, 7) is 3.69. The Morgan fingerprint density at radius 2 is 0.750 bits per heavy atom. The van der Waals surface area contributed by atoms with Gasteiger partial charge in [0.2, 0.25) is 5.91 Å². The summed E-state index contributed by atoms with van der Waals surface area (Å²) in [6, 6.07) is -0.824. The molecule has 1 rings (SSSR count). The van der Waals surface area contributed by atoms with Crippen LogP contribution < -0.4 is 5.32 Å². The standard InChI is InChI=1S/C75H137NO8/c1-3-5-7-9-11-13-15-17-19-21-23-25-27-29-30-31-32-33-34-35-36-37-38-39-40-41-43-45-47-49-51-53-55-57-59-61-63-65-71(79)76-68(67-83-75-74(82)73(81)72(80)70(66-77)84-75)69(78)64-62-60-58-56-54-52-50-48-46-44-42-28-26-24-22-20-18-16-14-12-10-8-6-4-2/h5,7,11,13,17,19,23,25,54,56,62,64,68-70,72-75,77-78,80-82H,3-4,6,8-10,12,14-16,18,20-22,24,26-53,55,57-61,63,65-67H2,1-2H3,(H,76,79)/b7-5-,13-11-,19-17-,25-23-,56-54+,64-62+. The third-order valence-corrected chi connectivity index (χ3v) is 17.0. The van der Waals surface area contributed by atoms with Gasteiger partial charge in [-0.25, -0.2) is 0 Å². The molecule has 84 heavy (non-hydrogen) atoms. The molecule has 7 unspecified atom stereocenters. The number of carbonyl (C=O) groups is 1. The van der Waals surface area contributed by atoms with Gasteiger partial charge in [0, 0.05) is 6.42 Å². The number of nitrogens with one attached hydrogen (secondary N) is 1. The molecule has 490 valence electrons. The van der Waals surface area contributed by atoms with E-state index in [0.717, 1.165) is 64.2 Å². The zero-order valence-corrected chi connectivity index (χ0v) is 54.9. The quantitative estimate of drug-likeness (QED) is 0.0261. The van der Waals surface area contributed by atoms with Gasteiger partial charge < -0.3 is 40.3 Å². The van der Waals surface area contributed by atoms with Crippen LogP contribution in [0.2, 0.25) is 0 Å². The van der Waals surface area contributed by atoms with Crippen LogP contribution in [0.5, 0.6) is 0 Å². The molecule has 1 saturated heterocycles. The summed E-state index contributed by atoms with van der Waals surface area (Å²) >= 11 is 0. The Labute approximate surface area is 519 Å². The van der Waals surface area contributed by atoms with Crippen LogP contribution in [-0.4, -0.2) is 87.5 Å². The predicted octanol–water partition coefficient (Wildman–Crippen LogP) is 19.9. The first-order chi connectivity index (χ1) is 41.3. The summed E-state index contributed by atoms with van der Waals surface area (Å²) in [5, 5.41) is 54.8. The predicted molar refractivity (Wildman–Crippen MR) is 359 cm³/mol. The normalized spacial score (nSPS) is 18.6. The van der Waals surface area contributed by atoms with E-state index in [1.54, 1.807) is 6.08 Å². The van der Waals surface area contributed by atoms with Crippen molar-refractivity contribution >= 4 is 5.91 Å². The average molecular weight is 1180 g/mol. The third-order valence-electron chi connectivity index (χ3n) is 17.0. The lowest BCUT2D eigenvalue weighted by atomic mass is 9.99. The van der Waals surface area contributed by atoms with Crippen molar-refractivity contribution in [2.75, 3.05) is 13.2 Å². The van der Waals surface area contributed by atoms with Gasteiger partial charge in [-0.1, -0.05) is 337 Å². The lowest BCUT2D eigenvalue weighted by Gasteiger charge is -2.40. The largest absolute Gasteiger partial charge is 0.394 e. The van der Waals surface area contributed by atoms with Crippen LogP contribution in [0.1, 0.15) is 341 Å². The number of hydrogen-bond donors (Lipinski definition) is 6. The van der Waals surface area contributed by atoms with Gasteiger partial charge in [-0.3, -0.25) is 4.79 Å². The molecule has 1 fully saturated rings. The number of hydrogen-bond acceptors (Lipinski definition) is 8.